The molecule has 0 saturated carbocycles. The van der Waals surface area contributed by atoms with Gasteiger partial charge in [-0.3, -0.25) is 4.79 Å². The summed E-state index contributed by atoms with van der Waals surface area (Å²) in [6.07, 6.45) is 1.69. The Morgan fingerprint density at radius 3 is 2.83 bits per heavy atom. The van der Waals surface area contributed by atoms with Crippen LogP contribution in [-0.2, 0) is 14.8 Å². The number of aliphatic hydroxyl groups is 1. The van der Waals surface area contributed by atoms with E-state index in [1.807, 2.05) is 0 Å². The van der Waals surface area contributed by atoms with E-state index >= 15 is 0 Å². The van der Waals surface area contributed by atoms with Crippen LogP contribution in [0, 0.1) is 5.92 Å². The molecule has 134 valence electrons. The molecular weight excluding hydrogens is 375 g/mol. The summed E-state index contributed by atoms with van der Waals surface area (Å²) in [6, 6.07) is 4.29. The molecule has 0 aromatic heterocycles. The zero-order valence-electron chi connectivity index (χ0n) is 13.0. The van der Waals surface area contributed by atoms with Gasteiger partial charge >= 0.3 is 0 Å². The van der Waals surface area contributed by atoms with E-state index < -0.39 is 15.9 Å². The Bertz CT molecular complexity index is 697. The van der Waals surface area contributed by atoms with Crippen LogP contribution in [0.1, 0.15) is 19.3 Å². The van der Waals surface area contributed by atoms with E-state index in [2.05, 4.69) is 5.32 Å². The number of halogens is 2. The number of hydrogen-bond donors (Lipinski definition) is 2. The van der Waals surface area contributed by atoms with Crippen LogP contribution in [0.2, 0.25) is 10.0 Å². The SMILES string of the molecule is O=C(NCCCO)[C@H]1CCCN(S(=O)(=O)c2cc(Cl)ccc2Cl)C1. The van der Waals surface area contributed by atoms with Gasteiger partial charge in [0, 0.05) is 31.3 Å². The van der Waals surface area contributed by atoms with Crippen molar-refractivity contribution in [2.24, 2.45) is 5.92 Å². The molecule has 1 saturated heterocycles. The Labute approximate surface area is 151 Å². The van der Waals surface area contributed by atoms with Gasteiger partial charge in [-0.15, -0.1) is 0 Å². The maximum atomic E-state index is 12.8. The second kappa shape index (κ2) is 8.49. The standard InChI is InChI=1S/C15H20Cl2N2O4S/c16-12-4-5-13(17)14(9-12)24(22,23)19-7-1-3-11(10-19)15(21)18-6-2-8-20/h4-5,9,11,20H,1-3,6-8,10H2,(H,18,21)/t11-/m0/s1. The smallest absolute Gasteiger partial charge is 0.244 e. The molecule has 1 aromatic carbocycles. The van der Waals surface area contributed by atoms with Gasteiger partial charge in [0.05, 0.1) is 10.9 Å². The fourth-order valence-electron chi connectivity index (χ4n) is 2.62. The molecule has 1 aliphatic heterocycles. The van der Waals surface area contributed by atoms with Crippen LogP contribution in [0.4, 0.5) is 0 Å². The van der Waals surface area contributed by atoms with Crippen molar-refractivity contribution >= 4 is 39.1 Å². The molecule has 0 unspecified atom stereocenters. The number of carbonyl (C=O) groups excluding carboxylic acids is 1. The first-order valence-electron chi connectivity index (χ1n) is 7.70. The molecule has 6 nitrogen and oxygen atoms in total. The number of hydrogen-bond acceptors (Lipinski definition) is 4. The summed E-state index contributed by atoms with van der Waals surface area (Å²) >= 11 is 11.9. The van der Waals surface area contributed by atoms with Gasteiger partial charge in [0.25, 0.3) is 0 Å². The Kier molecular flexibility index (Phi) is 6.88. The van der Waals surface area contributed by atoms with E-state index in [0.717, 1.165) is 0 Å². The number of nitrogens with zero attached hydrogens (tertiary/aromatic N) is 1. The lowest BCUT2D eigenvalue weighted by atomic mass is 9.99. The Morgan fingerprint density at radius 2 is 2.12 bits per heavy atom. The van der Waals surface area contributed by atoms with Crippen LogP contribution in [0.15, 0.2) is 23.1 Å². The molecule has 1 fully saturated rings. The normalized spacial score (nSPS) is 19.2. The van der Waals surface area contributed by atoms with Gasteiger partial charge in [-0.05, 0) is 37.5 Å². The van der Waals surface area contributed by atoms with Crippen molar-refractivity contribution in [2.45, 2.75) is 24.2 Å². The lowest BCUT2D eigenvalue weighted by Crippen LogP contribution is -2.45. The molecule has 0 spiro atoms. The monoisotopic (exact) mass is 394 g/mol. The summed E-state index contributed by atoms with van der Waals surface area (Å²) in [5.41, 5.74) is 0. The van der Waals surface area contributed by atoms with Gasteiger partial charge in [-0.1, -0.05) is 23.2 Å². The van der Waals surface area contributed by atoms with Crippen LogP contribution in [-0.4, -0.2) is 50.0 Å². The van der Waals surface area contributed by atoms with Crippen molar-refractivity contribution in [1.82, 2.24) is 9.62 Å². The highest BCUT2D eigenvalue weighted by atomic mass is 35.5. The van der Waals surface area contributed by atoms with Gasteiger partial charge in [0.2, 0.25) is 15.9 Å². The molecule has 1 aromatic rings. The van der Waals surface area contributed by atoms with Crippen LogP contribution in [0.5, 0.6) is 0 Å². The van der Waals surface area contributed by atoms with Crippen molar-refractivity contribution in [2.75, 3.05) is 26.2 Å². The molecule has 2 N–H and O–H groups in total. The molecule has 0 aliphatic carbocycles. The van der Waals surface area contributed by atoms with Gasteiger partial charge in [0.15, 0.2) is 0 Å². The van der Waals surface area contributed by atoms with E-state index in [9.17, 15) is 13.2 Å². The highest BCUT2D eigenvalue weighted by Gasteiger charge is 2.34. The van der Waals surface area contributed by atoms with Crippen LogP contribution in [0.3, 0.4) is 0 Å². The average Bonchev–Trinajstić information content (AvgIpc) is 2.57. The molecule has 1 heterocycles. The number of rotatable bonds is 6. The Balaban J connectivity index is 2.13. The fourth-order valence-corrected chi connectivity index (χ4v) is 4.88. The number of carbonyl (C=O) groups is 1. The first-order chi connectivity index (χ1) is 11.4. The second-order valence-corrected chi connectivity index (χ2v) is 8.40. The minimum absolute atomic E-state index is 0.00127. The molecule has 1 amide bonds. The predicted octanol–water partition coefficient (Wildman–Crippen LogP) is 1.89. The van der Waals surface area contributed by atoms with Crippen molar-refractivity contribution in [1.29, 1.82) is 0 Å². The maximum Gasteiger partial charge on any atom is 0.244 e. The maximum absolute atomic E-state index is 12.8. The minimum Gasteiger partial charge on any atom is -0.396 e. The largest absolute Gasteiger partial charge is 0.396 e. The van der Waals surface area contributed by atoms with E-state index in [0.29, 0.717) is 32.4 Å². The number of sulfonamides is 1. The van der Waals surface area contributed by atoms with E-state index in [-0.39, 0.29) is 34.0 Å². The van der Waals surface area contributed by atoms with E-state index in [1.54, 1.807) is 0 Å². The number of benzene rings is 1. The highest BCUT2D eigenvalue weighted by Crippen LogP contribution is 2.30. The molecule has 24 heavy (non-hydrogen) atoms. The van der Waals surface area contributed by atoms with E-state index in [4.69, 9.17) is 28.3 Å². The number of amides is 1. The second-order valence-electron chi connectivity index (χ2n) is 5.65. The summed E-state index contributed by atoms with van der Waals surface area (Å²) in [4.78, 5) is 12.1. The zero-order chi connectivity index (χ0) is 17.7. The predicted molar refractivity (Wildman–Crippen MR) is 92.7 cm³/mol. The summed E-state index contributed by atoms with van der Waals surface area (Å²) < 4.78 is 26.9. The van der Waals surface area contributed by atoms with Crippen molar-refractivity contribution in [3.8, 4) is 0 Å². The summed E-state index contributed by atoms with van der Waals surface area (Å²) in [5.74, 6) is -0.606. The quantitative estimate of drug-likeness (QED) is 0.721. The van der Waals surface area contributed by atoms with Crippen LogP contribution < -0.4 is 5.32 Å². The van der Waals surface area contributed by atoms with Crippen molar-refractivity contribution in [3.63, 3.8) is 0 Å². The number of piperidine rings is 1. The molecule has 2 rings (SSSR count). The molecule has 0 bridgehead atoms. The highest BCUT2D eigenvalue weighted by molar-refractivity contribution is 7.89. The van der Waals surface area contributed by atoms with Crippen molar-refractivity contribution < 1.29 is 18.3 Å². The fraction of sp³-hybridized carbons (Fsp3) is 0.533. The van der Waals surface area contributed by atoms with Crippen LogP contribution >= 0.6 is 23.2 Å². The molecule has 1 atom stereocenters. The molecule has 1 aliphatic rings. The first-order valence-corrected chi connectivity index (χ1v) is 9.89. The minimum atomic E-state index is -3.81. The van der Waals surface area contributed by atoms with E-state index in [1.165, 1.54) is 22.5 Å². The van der Waals surface area contributed by atoms with Crippen molar-refractivity contribution in [3.05, 3.63) is 28.2 Å². The van der Waals surface area contributed by atoms with Gasteiger partial charge in [-0.25, -0.2) is 8.42 Å². The lowest BCUT2D eigenvalue weighted by Gasteiger charge is -2.31. The van der Waals surface area contributed by atoms with Gasteiger partial charge < -0.3 is 10.4 Å². The average molecular weight is 395 g/mol. The zero-order valence-corrected chi connectivity index (χ0v) is 15.4. The third-order valence-electron chi connectivity index (χ3n) is 3.90. The van der Waals surface area contributed by atoms with Gasteiger partial charge in [-0.2, -0.15) is 4.31 Å². The summed E-state index contributed by atoms with van der Waals surface area (Å²) in [7, 11) is -3.81. The summed E-state index contributed by atoms with van der Waals surface area (Å²) in [5, 5.41) is 11.9. The topological polar surface area (TPSA) is 86.7 Å². The Hall–Kier alpha value is -0.860. The summed E-state index contributed by atoms with van der Waals surface area (Å²) in [6.45, 7) is 0.819. The van der Waals surface area contributed by atoms with Crippen LogP contribution in [0.25, 0.3) is 0 Å². The molecule has 0 radical (unpaired) electrons. The first kappa shape index (κ1) is 19.5. The number of aliphatic hydroxyl groups excluding tert-OH is 1. The molecular formula is C15H20Cl2N2O4S. The van der Waals surface area contributed by atoms with Gasteiger partial charge in [0.1, 0.15) is 4.90 Å². The number of nitrogens with one attached hydrogen (secondary N) is 1. The molecule has 9 heteroatoms. The lowest BCUT2D eigenvalue weighted by molar-refractivity contribution is -0.126. The third-order valence-corrected chi connectivity index (χ3v) is 6.48. The third kappa shape index (κ3) is 4.61. The Morgan fingerprint density at radius 1 is 1.38 bits per heavy atom.